The minimum atomic E-state index is -0.544. The molecule has 154 valence electrons. The Labute approximate surface area is 171 Å². The Morgan fingerprint density at radius 3 is 2.63 bits per heavy atom. The van der Waals surface area contributed by atoms with Crippen LogP contribution in [-0.2, 0) is 17.8 Å². The highest BCUT2D eigenvalue weighted by Gasteiger charge is 2.18. The molecule has 1 fully saturated rings. The van der Waals surface area contributed by atoms with E-state index in [1.165, 1.54) is 18.3 Å². The Morgan fingerprint density at radius 1 is 1.10 bits per heavy atom. The lowest BCUT2D eigenvalue weighted by Gasteiger charge is -2.26. The van der Waals surface area contributed by atoms with Crippen LogP contribution in [0.3, 0.4) is 0 Å². The Balaban J connectivity index is 1.66. The number of halogens is 1. The van der Waals surface area contributed by atoms with Crippen molar-refractivity contribution in [3.63, 3.8) is 0 Å². The fourth-order valence-electron chi connectivity index (χ4n) is 4.09. The second-order valence-corrected chi connectivity index (χ2v) is 7.54. The van der Waals surface area contributed by atoms with Crippen LogP contribution in [0.1, 0.15) is 11.1 Å². The molecule has 4 aromatic rings. The number of pyridine rings is 2. The lowest BCUT2D eigenvalue weighted by atomic mass is 10.1. The maximum absolute atomic E-state index is 13.3. The molecule has 0 saturated carbocycles. The molecule has 8 heteroatoms. The number of benzene rings is 1. The molecule has 0 spiro atoms. The second kappa shape index (κ2) is 7.55. The van der Waals surface area contributed by atoms with Crippen molar-refractivity contribution in [2.75, 3.05) is 26.3 Å². The number of rotatable bonds is 4. The van der Waals surface area contributed by atoms with E-state index in [9.17, 15) is 14.4 Å². The Bertz CT molecular complexity index is 1270. The van der Waals surface area contributed by atoms with Gasteiger partial charge in [-0.1, -0.05) is 12.1 Å². The number of hydrogen-bond acceptors (Lipinski definition) is 5. The molecule has 0 unspecified atom stereocenters. The number of ether oxygens (including phenoxy) is 1. The van der Waals surface area contributed by atoms with Crippen molar-refractivity contribution in [3.05, 3.63) is 76.2 Å². The van der Waals surface area contributed by atoms with Gasteiger partial charge in [0.1, 0.15) is 11.3 Å². The van der Waals surface area contributed by atoms with Crippen LogP contribution in [0.5, 0.6) is 0 Å². The quantitative estimate of drug-likeness (QED) is 0.526. The third kappa shape index (κ3) is 3.34. The molecule has 5 rings (SSSR count). The number of hydrogen-bond donors (Lipinski definition) is 1. The summed E-state index contributed by atoms with van der Waals surface area (Å²) < 4.78 is 21.4. The summed E-state index contributed by atoms with van der Waals surface area (Å²) in [6.07, 6.45) is 5.10. The first kappa shape index (κ1) is 18.8. The van der Waals surface area contributed by atoms with Crippen LogP contribution >= 0.6 is 0 Å². The van der Waals surface area contributed by atoms with Gasteiger partial charge in [0.05, 0.1) is 24.9 Å². The summed E-state index contributed by atoms with van der Waals surface area (Å²) in [5, 5.41) is 11.4. The normalized spacial score (nSPS) is 15.2. The third-order valence-corrected chi connectivity index (χ3v) is 5.60. The summed E-state index contributed by atoms with van der Waals surface area (Å²) in [6.45, 7) is 4.37. The van der Waals surface area contributed by atoms with Crippen molar-refractivity contribution in [2.45, 2.75) is 13.1 Å². The van der Waals surface area contributed by atoms with Crippen molar-refractivity contribution in [1.82, 2.24) is 19.2 Å². The lowest BCUT2D eigenvalue weighted by molar-refractivity contribution is 0.0343. The van der Waals surface area contributed by atoms with E-state index in [0.717, 1.165) is 41.7 Å². The number of fused-ring (bicyclic) bond motifs is 3. The summed E-state index contributed by atoms with van der Waals surface area (Å²) in [7, 11) is 0. The van der Waals surface area contributed by atoms with Crippen LogP contribution < -0.4 is 5.56 Å². The molecular formula is C22H21FN4O3. The van der Waals surface area contributed by atoms with Crippen LogP contribution in [0.2, 0.25) is 0 Å². The minimum absolute atomic E-state index is 0.232. The Hall–Kier alpha value is -3.23. The molecule has 0 atom stereocenters. The van der Waals surface area contributed by atoms with E-state index in [1.807, 2.05) is 0 Å². The zero-order chi connectivity index (χ0) is 20.7. The summed E-state index contributed by atoms with van der Waals surface area (Å²) in [4.78, 5) is 19.0. The maximum Gasteiger partial charge on any atom is 0.309 e. The van der Waals surface area contributed by atoms with Gasteiger partial charge in [0.15, 0.2) is 0 Å². The standard InChI is InChI=1S/C22H21FN4O3/c23-17-3-1-15(2-4-17)12-26-14-16(13-25-7-9-30-10-8-25)20-18-5-6-27(29)22(28)21(18)24-11-19(20)26/h1-6,11,14,29H,7-10,12-13H2. The largest absolute Gasteiger partial charge is 0.425 e. The van der Waals surface area contributed by atoms with Crippen molar-refractivity contribution in [3.8, 4) is 0 Å². The predicted molar refractivity (Wildman–Crippen MR) is 110 cm³/mol. The summed E-state index contributed by atoms with van der Waals surface area (Å²) >= 11 is 0. The molecule has 7 nitrogen and oxygen atoms in total. The molecule has 0 amide bonds. The van der Waals surface area contributed by atoms with Gasteiger partial charge in [-0.3, -0.25) is 9.69 Å². The van der Waals surface area contributed by atoms with Crippen LogP contribution in [0, 0.1) is 5.82 Å². The average Bonchev–Trinajstić information content (AvgIpc) is 3.10. The van der Waals surface area contributed by atoms with Gasteiger partial charge in [0.25, 0.3) is 0 Å². The van der Waals surface area contributed by atoms with E-state index in [-0.39, 0.29) is 11.3 Å². The molecule has 0 radical (unpaired) electrons. The van der Waals surface area contributed by atoms with Gasteiger partial charge in [0, 0.05) is 49.3 Å². The topological polar surface area (TPSA) is 72.5 Å². The molecule has 30 heavy (non-hydrogen) atoms. The first-order chi connectivity index (χ1) is 14.6. The van der Waals surface area contributed by atoms with Gasteiger partial charge in [-0.15, -0.1) is 0 Å². The molecule has 1 N–H and O–H groups in total. The molecule has 3 aromatic heterocycles. The Morgan fingerprint density at radius 2 is 1.87 bits per heavy atom. The van der Waals surface area contributed by atoms with Crippen LogP contribution in [-0.4, -0.2) is 50.7 Å². The van der Waals surface area contributed by atoms with Crippen molar-refractivity contribution >= 4 is 21.8 Å². The van der Waals surface area contributed by atoms with Gasteiger partial charge in [0.2, 0.25) is 0 Å². The summed E-state index contributed by atoms with van der Waals surface area (Å²) in [6, 6.07) is 8.15. The van der Waals surface area contributed by atoms with E-state index in [0.29, 0.717) is 29.9 Å². The smallest absolute Gasteiger partial charge is 0.309 e. The van der Waals surface area contributed by atoms with Gasteiger partial charge < -0.3 is 14.5 Å². The van der Waals surface area contributed by atoms with Crippen molar-refractivity contribution in [1.29, 1.82) is 0 Å². The molecule has 0 bridgehead atoms. The van der Waals surface area contributed by atoms with Crippen LogP contribution in [0.4, 0.5) is 4.39 Å². The first-order valence-electron chi connectivity index (χ1n) is 9.86. The zero-order valence-electron chi connectivity index (χ0n) is 16.3. The van der Waals surface area contributed by atoms with Gasteiger partial charge >= 0.3 is 5.56 Å². The highest BCUT2D eigenvalue weighted by Crippen LogP contribution is 2.29. The van der Waals surface area contributed by atoms with Gasteiger partial charge in [-0.25, -0.2) is 9.37 Å². The molecule has 1 aliphatic heterocycles. The van der Waals surface area contributed by atoms with E-state index >= 15 is 0 Å². The van der Waals surface area contributed by atoms with Crippen molar-refractivity contribution in [2.24, 2.45) is 0 Å². The molecule has 1 aromatic carbocycles. The lowest BCUT2D eigenvalue weighted by Crippen LogP contribution is -2.35. The third-order valence-electron chi connectivity index (χ3n) is 5.60. The number of aromatic nitrogens is 3. The minimum Gasteiger partial charge on any atom is -0.425 e. The zero-order valence-corrected chi connectivity index (χ0v) is 16.3. The molecule has 1 saturated heterocycles. The Kier molecular flexibility index (Phi) is 4.72. The number of morpholine rings is 1. The SMILES string of the molecule is O=c1c2ncc3c(c(CN4CCOCC4)cn3Cc3ccc(F)cc3)c2ccn1O. The molecule has 0 aliphatic carbocycles. The van der Waals surface area contributed by atoms with E-state index in [1.54, 1.807) is 24.4 Å². The molecule has 1 aliphatic rings. The summed E-state index contributed by atoms with van der Waals surface area (Å²) in [5.41, 5.74) is 2.63. The average molecular weight is 408 g/mol. The van der Waals surface area contributed by atoms with E-state index in [4.69, 9.17) is 4.74 Å². The highest BCUT2D eigenvalue weighted by atomic mass is 19.1. The van der Waals surface area contributed by atoms with E-state index < -0.39 is 5.56 Å². The monoisotopic (exact) mass is 408 g/mol. The van der Waals surface area contributed by atoms with Gasteiger partial charge in [-0.2, -0.15) is 4.73 Å². The fourth-order valence-corrected chi connectivity index (χ4v) is 4.09. The number of nitrogens with zero attached hydrogens (tertiary/aromatic N) is 4. The van der Waals surface area contributed by atoms with Gasteiger partial charge in [-0.05, 0) is 29.3 Å². The molecule has 4 heterocycles. The van der Waals surface area contributed by atoms with Crippen LogP contribution in [0.15, 0.2) is 53.7 Å². The van der Waals surface area contributed by atoms with E-state index in [2.05, 4.69) is 20.6 Å². The van der Waals surface area contributed by atoms with Crippen molar-refractivity contribution < 1.29 is 14.3 Å². The van der Waals surface area contributed by atoms with Crippen LogP contribution in [0.25, 0.3) is 21.8 Å². The highest BCUT2D eigenvalue weighted by molar-refractivity contribution is 6.06. The fraction of sp³-hybridized carbons (Fsp3) is 0.273. The molecular weight excluding hydrogens is 387 g/mol. The first-order valence-corrected chi connectivity index (χ1v) is 9.86. The summed E-state index contributed by atoms with van der Waals surface area (Å²) in [5.74, 6) is -0.267. The predicted octanol–water partition coefficient (Wildman–Crippen LogP) is 2.61. The maximum atomic E-state index is 13.3. The second-order valence-electron chi connectivity index (χ2n) is 7.54.